The van der Waals surface area contributed by atoms with Crippen molar-refractivity contribution in [3.05, 3.63) is 46.1 Å². The fraction of sp³-hybridized carbons (Fsp3) is 0.444. The van der Waals surface area contributed by atoms with Gasteiger partial charge in [0.1, 0.15) is 5.75 Å². The monoisotopic (exact) mass is 335 g/mol. The maximum absolute atomic E-state index is 9.66. The minimum absolute atomic E-state index is 0.0191. The normalized spacial score (nSPS) is 13.9. The number of ether oxygens (including phenoxy) is 2. The third-order valence-corrected chi connectivity index (χ3v) is 4.68. The molecule has 0 fully saturated rings. The van der Waals surface area contributed by atoms with Gasteiger partial charge in [0, 0.05) is 29.0 Å². The maximum atomic E-state index is 9.66. The predicted octanol–water partition coefficient (Wildman–Crippen LogP) is 3.56. The van der Waals surface area contributed by atoms with Crippen LogP contribution in [-0.4, -0.2) is 17.8 Å². The van der Waals surface area contributed by atoms with Crippen LogP contribution >= 0.6 is 11.8 Å². The predicted molar refractivity (Wildman–Crippen MR) is 96.1 cm³/mol. The molecule has 1 aliphatic heterocycles. The van der Waals surface area contributed by atoms with Crippen molar-refractivity contribution >= 4 is 16.7 Å². The number of aliphatic hydroxyl groups excluding tert-OH is 1. The molecule has 0 spiro atoms. The van der Waals surface area contributed by atoms with Gasteiger partial charge in [-0.1, -0.05) is 18.3 Å². The molecule has 0 unspecified atom stereocenters. The van der Waals surface area contributed by atoms with Gasteiger partial charge >= 0.3 is 0 Å². The van der Waals surface area contributed by atoms with E-state index in [1.165, 1.54) is 11.8 Å². The number of benzene rings is 1. The lowest BCUT2D eigenvalue weighted by atomic mass is 9.95. The minimum Gasteiger partial charge on any atom is -0.492 e. The summed E-state index contributed by atoms with van der Waals surface area (Å²) in [5.41, 5.74) is 9.69. The van der Waals surface area contributed by atoms with E-state index in [1.54, 1.807) is 0 Å². The first-order valence-corrected chi connectivity index (χ1v) is 8.64. The van der Waals surface area contributed by atoms with Crippen LogP contribution in [0.25, 0.3) is 4.91 Å². The van der Waals surface area contributed by atoms with E-state index in [1.807, 2.05) is 32.9 Å². The molecule has 5 heteroatoms. The van der Waals surface area contributed by atoms with E-state index in [-0.39, 0.29) is 12.7 Å². The summed E-state index contributed by atoms with van der Waals surface area (Å²) in [4.78, 5) is 0.857. The summed E-state index contributed by atoms with van der Waals surface area (Å²) < 4.78 is 11.6. The summed E-state index contributed by atoms with van der Waals surface area (Å²) in [5, 5.41) is 10.5. The first-order valence-electron chi connectivity index (χ1n) is 7.83. The summed E-state index contributed by atoms with van der Waals surface area (Å²) in [6.45, 7) is 11.1. The maximum Gasteiger partial charge on any atom is 0.154 e. The average Bonchev–Trinajstić information content (AvgIpc) is 3.01. The Hall–Kier alpha value is -1.43. The molecule has 0 saturated heterocycles. The standard InChI is InChI=1S/C18H25NO3S/c1-5-17(22-11(2)3)23-12(4)15-8-13(9-19)16(10-20)14-6-7-21-18(14)15/h5,8,11,20H,4,6-7,9-10,19H2,1-3H3/b17-5-. The van der Waals surface area contributed by atoms with Crippen molar-refractivity contribution in [2.75, 3.05) is 6.61 Å². The Morgan fingerprint density at radius 1 is 1.57 bits per heavy atom. The van der Waals surface area contributed by atoms with Crippen molar-refractivity contribution in [2.45, 2.75) is 46.4 Å². The zero-order valence-electron chi connectivity index (χ0n) is 14.0. The molecule has 0 amide bonds. The quantitative estimate of drug-likeness (QED) is 0.746. The third-order valence-electron chi connectivity index (χ3n) is 3.68. The molecule has 0 saturated carbocycles. The number of hydrogen-bond donors (Lipinski definition) is 2. The van der Waals surface area contributed by atoms with Crippen LogP contribution in [0.1, 0.15) is 43.0 Å². The molecule has 1 heterocycles. The summed E-state index contributed by atoms with van der Waals surface area (Å²) in [6.07, 6.45) is 2.84. The Labute approximate surface area is 142 Å². The minimum atomic E-state index is -0.0191. The Kier molecular flexibility index (Phi) is 6.16. The van der Waals surface area contributed by atoms with Crippen molar-refractivity contribution in [3.8, 4) is 5.75 Å². The molecule has 0 aromatic heterocycles. The number of thioether (sulfide) groups is 1. The zero-order chi connectivity index (χ0) is 17.0. The molecule has 3 N–H and O–H groups in total. The van der Waals surface area contributed by atoms with Gasteiger partial charge < -0.3 is 20.3 Å². The Bertz CT molecular complexity index is 623. The molecule has 1 aromatic rings. The third kappa shape index (κ3) is 3.91. The van der Waals surface area contributed by atoms with Gasteiger partial charge in [0.05, 0.1) is 19.3 Å². The van der Waals surface area contributed by atoms with Crippen LogP contribution in [0.3, 0.4) is 0 Å². The average molecular weight is 335 g/mol. The van der Waals surface area contributed by atoms with Gasteiger partial charge in [-0.2, -0.15) is 0 Å². The SMILES string of the molecule is C=C(S/C(=C\C)OC(C)C)c1cc(CN)c(CO)c2c1OCC2. The highest BCUT2D eigenvalue weighted by Gasteiger charge is 2.24. The van der Waals surface area contributed by atoms with Crippen molar-refractivity contribution in [3.63, 3.8) is 0 Å². The number of rotatable bonds is 7. The molecule has 2 rings (SSSR count). The molecular weight excluding hydrogens is 310 g/mol. The molecule has 1 aromatic carbocycles. The number of aliphatic hydroxyl groups is 1. The van der Waals surface area contributed by atoms with Crippen LogP contribution in [0.4, 0.5) is 0 Å². The molecular formula is C18H25NO3S. The van der Waals surface area contributed by atoms with Gasteiger partial charge in [-0.05, 0) is 44.0 Å². The molecule has 1 aliphatic rings. The zero-order valence-corrected chi connectivity index (χ0v) is 14.8. The molecule has 4 nitrogen and oxygen atoms in total. The lowest BCUT2D eigenvalue weighted by Gasteiger charge is -2.18. The summed E-state index contributed by atoms with van der Waals surface area (Å²) in [5.74, 6) is 0.823. The lowest BCUT2D eigenvalue weighted by Crippen LogP contribution is -2.06. The molecule has 0 aliphatic carbocycles. The molecule has 23 heavy (non-hydrogen) atoms. The fourth-order valence-corrected chi connectivity index (χ4v) is 3.51. The van der Waals surface area contributed by atoms with E-state index in [0.29, 0.717) is 13.2 Å². The second-order valence-electron chi connectivity index (χ2n) is 5.63. The summed E-state index contributed by atoms with van der Waals surface area (Å²) in [6, 6.07) is 1.98. The molecule has 0 atom stereocenters. The Morgan fingerprint density at radius 3 is 2.87 bits per heavy atom. The number of fused-ring (bicyclic) bond motifs is 1. The Balaban J connectivity index is 2.36. The van der Waals surface area contributed by atoms with Crippen molar-refractivity contribution in [1.29, 1.82) is 0 Å². The van der Waals surface area contributed by atoms with Crippen LogP contribution in [0.15, 0.2) is 23.8 Å². The van der Waals surface area contributed by atoms with Gasteiger partial charge in [-0.25, -0.2) is 0 Å². The number of nitrogens with two attached hydrogens (primary N) is 1. The highest BCUT2D eigenvalue weighted by atomic mass is 32.2. The highest BCUT2D eigenvalue weighted by molar-refractivity contribution is 8.11. The van der Waals surface area contributed by atoms with Gasteiger partial charge in [-0.3, -0.25) is 0 Å². The Morgan fingerprint density at radius 2 is 2.30 bits per heavy atom. The van der Waals surface area contributed by atoms with Gasteiger partial charge in [0.25, 0.3) is 0 Å². The van der Waals surface area contributed by atoms with Crippen LogP contribution in [0.5, 0.6) is 5.75 Å². The van der Waals surface area contributed by atoms with E-state index >= 15 is 0 Å². The van der Waals surface area contributed by atoms with Crippen LogP contribution in [0, 0.1) is 0 Å². The van der Waals surface area contributed by atoms with E-state index in [4.69, 9.17) is 15.2 Å². The van der Waals surface area contributed by atoms with Crippen molar-refractivity contribution in [2.24, 2.45) is 5.73 Å². The van der Waals surface area contributed by atoms with Gasteiger partial charge in [0.2, 0.25) is 0 Å². The van der Waals surface area contributed by atoms with Crippen LogP contribution in [0.2, 0.25) is 0 Å². The smallest absolute Gasteiger partial charge is 0.154 e. The van der Waals surface area contributed by atoms with E-state index in [2.05, 4.69) is 6.58 Å². The first kappa shape index (κ1) is 17.9. The number of allylic oxidation sites excluding steroid dienone is 1. The van der Waals surface area contributed by atoms with E-state index < -0.39 is 0 Å². The van der Waals surface area contributed by atoms with Crippen molar-refractivity contribution in [1.82, 2.24) is 0 Å². The topological polar surface area (TPSA) is 64.7 Å². The lowest BCUT2D eigenvalue weighted by molar-refractivity contribution is 0.170. The largest absolute Gasteiger partial charge is 0.492 e. The van der Waals surface area contributed by atoms with Gasteiger partial charge in [0.15, 0.2) is 5.09 Å². The van der Waals surface area contributed by atoms with E-state index in [0.717, 1.165) is 44.4 Å². The van der Waals surface area contributed by atoms with Gasteiger partial charge in [-0.15, -0.1) is 0 Å². The highest BCUT2D eigenvalue weighted by Crippen LogP contribution is 2.43. The van der Waals surface area contributed by atoms with Crippen LogP contribution in [-0.2, 0) is 24.3 Å². The summed E-state index contributed by atoms with van der Waals surface area (Å²) >= 11 is 1.49. The molecule has 0 radical (unpaired) electrons. The fourth-order valence-electron chi connectivity index (χ4n) is 2.65. The van der Waals surface area contributed by atoms with Crippen LogP contribution < -0.4 is 10.5 Å². The first-order chi connectivity index (χ1) is 11.0. The second-order valence-corrected chi connectivity index (χ2v) is 6.73. The number of hydrogen-bond acceptors (Lipinski definition) is 5. The van der Waals surface area contributed by atoms with E-state index in [9.17, 15) is 5.11 Å². The molecule has 0 bridgehead atoms. The molecule has 126 valence electrons. The van der Waals surface area contributed by atoms with Crippen molar-refractivity contribution < 1.29 is 14.6 Å². The summed E-state index contributed by atoms with van der Waals surface area (Å²) in [7, 11) is 0. The second kappa shape index (κ2) is 7.90.